The zero-order chi connectivity index (χ0) is 29.7. The molecule has 2 aromatic rings. The van der Waals surface area contributed by atoms with Gasteiger partial charge in [0.05, 0.1) is 18.6 Å². The lowest BCUT2D eigenvalue weighted by Crippen LogP contribution is -2.36. The van der Waals surface area contributed by atoms with Crippen LogP contribution in [0.5, 0.6) is 5.75 Å². The van der Waals surface area contributed by atoms with E-state index in [1.54, 1.807) is 24.3 Å². The van der Waals surface area contributed by atoms with Crippen LogP contribution in [0.4, 0.5) is 13.2 Å². The van der Waals surface area contributed by atoms with E-state index in [1.807, 2.05) is 6.92 Å². The second kappa shape index (κ2) is 16.1. The van der Waals surface area contributed by atoms with Gasteiger partial charge in [0.25, 0.3) is 0 Å². The van der Waals surface area contributed by atoms with E-state index in [9.17, 15) is 22.8 Å². The molecule has 2 rings (SSSR count). The largest absolute Gasteiger partial charge is 0.494 e. The lowest BCUT2D eigenvalue weighted by molar-refractivity contribution is -0.159. The summed E-state index contributed by atoms with van der Waals surface area (Å²) in [6.07, 6.45) is 7.16. The van der Waals surface area contributed by atoms with Crippen molar-refractivity contribution in [3.8, 4) is 5.75 Å². The Hall–Kier alpha value is -3.29. The quantitative estimate of drug-likeness (QED) is 0.0897. The molecule has 40 heavy (non-hydrogen) atoms. The summed E-state index contributed by atoms with van der Waals surface area (Å²) < 4.78 is 55.8. The van der Waals surface area contributed by atoms with Crippen LogP contribution in [0.1, 0.15) is 77.8 Å². The van der Waals surface area contributed by atoms with Gasteiger partial charge in [0.2, 0.25) is 0 Å². The molecule has 8 heteroatoms. The number of carbonyl (C=O) groups excluding carboxylic acids is 2. The van der Waals surface area contributed by atoms with Gasteiger partial charge < -0.3 is 14.2 Å². The van der Waals surface area contributed by atoms with Crippen LogP contribution in [-0.4, -0.2) is 25.2 Å². The van der Waals surface area contributed by atoms with Crippen LogP contribution in [0, 0.1) is 34.7 Å². The summed E-state index contributed by atoms with van der Waals surface area (Å²) in [6, 6.07) is 8.70. The van der Waals surface area contributed by atoms with E-state index < -0.39 is 28.8 Å². The summed E-state index contributed by atoms with van der Waals surface area (Å²) in [5.74, 6) is -3.70. The maximum absolute atomic E-state index is 13.2. The molecule has 1 atom stereocenters. The van der Waals surface area contributed by atoms with Crippen molar-refractivity contribution in [1.29, 1.82) is 0 Å². The lowest BCUT2D eigenvalue weighted by atomic mass is 9.73. The molecule has 0 bridgehead atoms. The highest BCUT2D eigenvalue weighted by Gasteiger charge is 2.38. The highest BCUT2D eigenvalue weighted by molar-refractivity contribution is 5.87. The van der Waals surface area contributed by atoms with Crippen molar-refractivity contribution in [2.24, 2.45) is 17.3 Å². The normalized spacial score (nSPS) is 13.1. The molecule has 0 aliphatic rings. The van der Waals surface area contributed by atoms with Gasteiger partial charge in [-0.25, -0.2) is 18.0 Å². The topological polar surface area (TPSA) is 61.8 Å². The fraction of sp³-hybridized carbons (Fsp3) is 0.500. The monoisotopic (exact) mass is 562 g/mol. The van der Waals surface area contributed by atoms with E-state index in [0.717, 1.165) is 49.8 Å². The molecule has 0 saturated heterocycles. The zero-order valence-corrected chi connectivity index (χ0v) is 24.1. The fourth-order valence-corrected chi connectivity index (χ4v) is 4.21. The van der Waals surface area contributed by atoms with Crippen molar-refractivity contribution in [2.45, 2.75) is 73.3 Å². The molecule has 0 aliphatic carbocycles. The van der Waals surface area contributed by atoms with Crippen LogP contribution in [0.2, 0.25) is 0 Å². The second-order valence-electron chi connectivity index (χ2n) is 11.0. The summed E-state index contributed by atoms with van der Waals surface area (Å²) in [5, 5.41) is 0. The minimum Gasteiger partial charge on any atom is -0.494 e. The van der Waals surface area contributed by atoms with Gasteiger partial charge in [-0.15, -0.1) is 0 Å². The molecule has 0 aliphatic heterocycles. The third-order valence-electron chi connectivity index (χ3n) is 6.83. The van der Waals surface area contributed by atoms with Crippen LogP contribution < -0.4 is 4.74 Å². The van der Waals surface area contributed by atoms with Gasteiger partial charge in [0.15, 0.2) is 17.5 Å². The van der Waals surface area contributed by atoms with Gasteiger partial charge in [-0.3, -0.25) is 4.79 Å². The highest BCUT2D eigenvalue weighted by atomic mass is 19.2. The van der Waals surface area contributed by atoms with Crippen LogP contribution in [0.3, 0.4) is 0 Å². The average molecular weight is 563 g/mol. The smallest absolute Gasteiger partial charge is 0.331 e. The number of ether oxygens (including phenoxy) is 3. The predicted molar refractivity (Wildman–Crippen MR) is 149 cm³/mol. The van der Waals surface area contributed by atoms with E-state index in [4.69, 9.17) is 14.2 Å². The van der Waals surface area contributed by atoms with Crippen LogP contribution in [-0.2, 0) is 25.7 Å². The molecule has 0 radical (unpaired) electrons. The van der Waals surface area contributed by atoms with E-state index in [0.29, 0.717) is 24.9 Å². The maximum Gasteiger partial charge on any atom is 0.331 e. The number of hydrogen-bond donors (Lipinski definition) is 0. The van der Waals surface area contributed by atoms with Gasteiger partial charge >= 0.3 is 11.9 Å². The fourth-order valence-electron chi connectivity index (χ4n) is 4.21. The zero-order valence-electron chi connectivity index (χ0n) is 24.1. The number of halogens is 3. The van der Waals surface area contributed by atoms with Gasteiger partial charge in [-0.2, -0.15) is 0 Å². The lowest BCUT2D eigenvalue weighted by Gasteiger charge is -2.32. The Kier molecular flexibility index (Phi) is 13.2. The summed E-state index contributed by atoms with van der Waals surface area (Å²) in [4.78, 5) is 24.5. The average Bonchev–Trinajstić information content (AvgIpc) is 2.90. The molecule has 0 heterocycles. The second-order valence-corrected chi connectivity index (χ2v) is 11.0. The molecule has 1 unspecified atom stereocenters. The number of rotatable bonds is 16. The minimum atomic E-state index is -1.57. The number of benzene rings is 2. The molecule has 2 aromatic carbocycles. The summed E-state index contributed by atoms with van der Waals surface area (Å²) >= 11 is 0. The molecule has 0 amide bonds. The summed E-state index contributed by atoms with van der Waals surface area (Å²) in [6.45, 7) is 11.0. The van der Waals surface area contributed by atoms with E-state index >= 15 is 0 Å². The Labute approximate surface area is 235 Å². The van der Waals surface area contributed by atoms with Crippen LogP contribution >= 0.6 is 0 Å². The first-order chi connectivity index (χ1) is 18.9. The van der Waals surface area contributed by atoms with Gasteiger partial charge in [-0.1, -0.05) is 39.8 Å². The molecular weight excluding hydrogens is 521 g/mol. The standard InChI is InChI=1S/C32H41F3O5/c1-22(2)20-32(5,23(3)4)31(37)39-17-9-7-6-8-16-38-26-13-10-24(11-14-26)12-15-29(36)40-21-25-18-27(33)30(35)28(34)19-25/h10-15,18-19,22-23H,6-9,16-17,20-21H2,1-5H3/b15-12+. The van der Waals surface area contributed by atoms with Crippen LogP contribution in [0.25, 0.3) is 6.08 Å². The third kappa shape index (κ3) is 10.7. The Morgan fingerprint density at radius 3 is 2.05 bits per heavy atom. The molecule has 0 N–H and O–H groups in total. The van der Waals surface area contributed by atoms with E-state index in [1.165, 1.54) is 12.2 Å². The number of unbranched alkanes of at least 4 members (excludes halogenated alkanes) is 3. The summed E-state index contributed by atoms with van der Waals surface area (Å²) in [7, 11) is 0. The predicted octanol–water partition coefficient (Wildman–Crippen LogP) is 8.05. The Bertz CT molecular complexity index is 1100. The first kappa shape index (κ1) is 32.9. The van der Waals surface area contributed by atoms with Crippen molar-refractivity contribution in [1.82, 2.24) is 0 Å². The van der Waals surface area contributed by atoms with Crippen molar-refractivity contribution in [3.05, 3.63) is 71.1 Å². The molecule has 0 saturated carbocycles. The van der Waals surface area contributed by atoms with Gasteiger partial charge in [0.1, 0.15) is 12.4 Å². The van der Waals surface area contributed by atoms with Crippen molar-refractivity contribution in [2.75, 3.05) is 13.2 Å². The van der Waals surface area contributed by atoms with Gasteiger partial charge in [-0.05, 0) is 92.3 Å². The third-order valence-corrected chi connectivity index (χ3v) is 6.83. The van der Waals surface area contributed by atoms with E-state index in [2.05, 4.69) is 27.7 Å². The number of hydrogen-bond acceptors (Lipinski definition) is 5. The van der Waals surface area contributed by atoms with Gasteiger partial charge in [0, 0.05) is 6.08 Å². The molecule has 220 valence electrons. The van der Waals surface area contributed by atoms with Crippen molar-refractivity contribution < 1.29 is 37.0 Å². The molecule has 0 aromatic heterocycles. The Morgan fingerprint density at radius 2 is 1.48 bits per heavy atom. The van der Waals surface area contributed by atoms with Crippen LogP contribution in [0.15, 0.2) is 42.5 Å². The molecular formula is C32H41F3O5. The minimum absolute atomic E-state index is 0.00868. The van der Waals surface area contributed by atoms with E-state index in [-0.39, 0.29) is 24.1 Å². The highest BCUT2D eigenvalue weighted by Crippen LogP contribution is 2.35. The van der Waals surface area contributed by atoms with Crippen molar-refractivity contribution in [3.63, 3.8) is 0 Å². The summed E-state index contributed by atoms with van der Waals surface area (Å²) in [5.41, 5.74) is 0.292. The maximum atomic E-state index is 13.2. The molecule has 0 fully saturated rings. The number of esters is 2. The van der Waals surface area contributed by atoms with Crippen molar-refractivity contribution >= 4 is 18.0 Å². The molecule has 0 spiro atoms. The Morgan fingerprint density at radius 1 is 0.875 bits per heavy atom. The first-order valence-electron chi connectivity index (χ1n) is 13.8. The Balaban J connectivity index is 1.62. The number of carbonyl (C=O) groups is 2. The SMILES string of the molecule is CC(C)CC(C)(C(=O)OCCCCCCOc1ccc(/C=C/C(=O)OCc2cc(F)c(F)c(F)c2)cc1)C(C)C. The molecule has 5 nitrogen and oxygen atoms in total. The first-order valence-corrected chi connectivity index (χ1v) is 13.8.